The number of rotatable bonds is 3. The number of amides is 1. The molecule has 1 amide bonds. The molecule has 2 fully saturated rings. The van der Waals surface area contributed by atoms with Gasteiger partial charge in [-0.1, -0.05) is 25.3 Å². The lowest BCUT2D eigenvalue weighted by atomic mass is 9.95. The van der Waals surface area contributed by atoms with Crippen LogP contribution in [0.3, 0.4) is 0 Å². The molecule has 6 heteroatoms. The molecule has 5 nitrogen and oxygen atoms in total. The van der Waals surface area contributed by atoms with Crippen molar-refractivity contribution in [3.8, 4) is 0 Å². The second kappa shape index (κ2) is 6.28. The van der Waals surface area contributed by atoms with Gasteiger partial charge in [-0.05, 0) is 37.5 Å². The van der Waals surface area contributed by atoms with Crippen LogP contribution in [0.4, 0.5) is 5.69 Å². The number of carbonyl (C=O) groups is 1. The van der Waals surface area contributed by atoms with Crippen molar-refractivity contribution in [1.82, 2.24) is 5.32 Å². The van der Waals surface area contributed by atoms with Gasteiger partial charge in [-0.2, -0.15) is 0 Å². The SMILES string of the molecule is O=C(NC1CCCCC1)c1cccc(N2CCCS2(=O)=O)c1. The van der Waals surface area contributed by atoms with Gasteiger partial charge in [-0.25, -0.2) is 8.42 Å². The van der Waals surface area contributed by atoms with E-state index in [2.05, 4.69) is 5.32 Å². The van der Waals surface area contributed by atoms with Crippen LogP contribution in [0.25, 0.3) is 0 Å². The van der Waals surface area contributed by atoms with Crippen LogP contribution >= 0.6 is 0 Å². The van der Waals surface area contributed by atoms with Crippen LogP contribution in [-0.2, 0) is 10.0 Å². The smallest absolute Gasteiger partial charge is 0.251 e. The average molecular weight is 322 g/mol. The largest absolute Gasteiger partial charge is 0.349 e. The van der Waals surface area contributed by atoms with E-state index in [4.69, 9.17) is 0 Å². The molecule has 1 saturated heterocycles. The van der Waals surface area contributed by atoms with Crippen molar-refractivity contribution >= 4 is 21.6 Å². The van der Waals surface area contributed by atoms with Crippen LogP contribution < -0.4 is 9.62 Å². The van der Waals surface area contributed by atoms with E-state index in [1.807, 2.05) is 0 Å². The Bertz CT molecular complexity index is 651. The first-order chi connectivity index (χ1) is 10.6. The second-order valence-electron chi connectivity index (χ2n) is 6.10. The van der Waals surface area contributed by atoms with Gasteiger partial charge in [-0.3, -0.25) is 9.10 Å². The highest BCUT2D eigenvalue weighted by Crippen LogP contribution is 2.25. The summed E-state index contributed by atoms with van der Waals surface area (Å²) in [5.41, 5.74) is 1.12. The van der Waals surface area contributed by atoms with Crippen molar-refractivity contribution in [3.63, 3.8) is 0 Å². The molecule has 1 heterocycles. The molecule has 0 aromatic heterocycles. The number of sulfonamides is 1. The number of nitrogens with one attached hydrogen (secondary N) is 1. The first kappa shape index (κ1) is 15.3. The fourth-order valence-corrected chi connectivity index (χ4v) is 4.80. The van der Waals surface area contributed by atoms with Crippen molar-refractivity contribution < 1.29 is 13.2 Å². The lowest BCUT2D eigenvalue weighted by Crippen LogP contribution is -2.36. The first-order valence-corrected chi connectivity index (χ1v) is 9.58. The standard InChI is InChI=1S/C16H22N2O3S/c19-16(17-14-7-2-1-3-8-14)13-6-4-9-15(12-13)18-10-5-11-22(18,20)21/h4,6,9,12,14H,1-3,5,7-8,10-11H2,(H,17,19). The van der Waals surface area contributed by atoms with Gasteiger partial charge in [-0.15, -0.1) is 0 Å². The average Bonchev–Trinajstić information content (AvgIpc) is 2.88. The molecule has 1 aromatic rings. The molecular formula is C16H22N2O3S. The number of nitrogens with zero attached hydrogens (tertiary/aromatic N) is 1. The maximum atomic E-state index is 12.4. The summed E-state index contributed by atoms with van der Waals surface area (Å²) >= 11 is 0. The lowest BCUT2D eigenvalue weighted by molar-refractivity contribution is 0.0927. The van der Waals surface area contributed by atoms with Crippen LogP contribution in [0.2, 0.25) is 0 Å². The minimum Gasteiger partial charge on any atom is -0.349 e. The molecule has 3 rings (SSSR count). The van der Waals surface area contributed by atoms with Gasteiger partial charge >= 0.3 is 0 Å². The van der Waals surface area contributed by atoms with Crippen LogP contribution in [-0.4, -0.2) is 32.7 Å². The monoisotopic (exact) mass is 322 g/mol. The fraction of sp³-hybridized carbons (Fsp3) is 0.562. The molecule has 22 heavy (non-hydrogen) atoms. The predicted octanol–water partition coefficient (Wildman–Crippen LogP) is 2.29. The Morgan fingerprint density at radius 2 is 1.91 bits per heavy atom. The van der Waals surface area contributed by atoms with Crippen molar-refractivity contribution in [2.75, 3.05) is 16.6 Å². The Hall–Kier alpha value is -1.56. The Labute approximate surface area is 131 Å². The Kier molecular flexibility index (Phi) is 4.38. The summed E-state index contributed by atoms with van der Waals surface area (Å²) in [5.74, 6) is 0.0798. The first-order valence-electron chi connectivity index (χ1n) is 7.98. The highest BCUT2D eigenvalue weighted by molar-refractivity contribution is 7.93. The van der Waals surface area contributed by atoms with E-state index in [9.17, 15) is 13.2 Å². The highest BCUT2D eigenvalue weighted by atomic mass is 32.2. The van der Waals surface area contributed by atoms with Gasteiger partial charge < -0.3 is 5.32 Å². The zero-order chi connectivity index (χ0) is 15.6. The Morgan fingerprint density at radius 3 is 2.59 bits per heavy atom. The molecule has 0 bridgehead atoms. The molecular weight excluding hydrogens is 300 g/mol. The Morgan fingerprint density at radius 1 is 1.14 bits per heavy atom. The quantitative estimate of drug-likeness (QED) is 0.928. The molecule has 0 radical (unpaired) electrons. The normalized spacial score (nSPS) is 21.7. The number of anilines is 1. The van der Waals surface area contributed by atoms with E-state index >= 15 is 0 Å². The molecule has 0 atom stereocenters. The molecule has 120 valence electrons. The summed E-state index contributed by atoms with van der Waals surface area (Å²) in [6, 6.07) is 7.17. The van der Waals surface area contributed by atoms with Gasteiger partial charge in [0.2, 0.25) is 10.0 Å². The van der Waals surface area contributed by atoms with Gasteiger partial charge in [0.05, 0.1) is 11.4 Å². The minimum absolute atomic E-state index is 0.106. The molecule has 1 N–H and O–H groups in total. The summed E-state index contributed by atoms with van der Waals surface area (Å²) < 4.78 is 25.4. The molecule has 1 aliphatic carbocycles. The van der Waals surface area contributed by atoms with Crippen LogP contribution in [0, 0.1) is 0 Å². The molecule has 0 spiro atoms. The van der Waals surface area contributed by atoms with Crippen molar-refractivity contribution in [2.45, 2.75) is 44.6 Å². The topological polar surface area (TPSA) is 66.5 Å². The van der Waals surface area contributed by atoms with Gasteiger partial charge in [0.25, 0.3) is 5.91 Å². The van der Waals surface area contributed by atoms with E-state index in [0.717, 1.165) is 25.7 Å². The fourth-order valence-electron chi connectivity index (χ4n) is 3.25. The van der Waals surface area contributed by atoms with E-state index < -0.39 is 10.0 Å². The van der Waals surface area contributed by atoms with Crippen molar-refractivity contribution in [1.29, 1.82) is 0 Å². The van der Waals surface area contributed by atoms with Crippen LogP contribution in [0.5, 0.6) is 0 Å². The number of benzene rings is 1. The third-order valence-corrected chi connectivity index (χ3v) is 6.31. The van der Waals surface area contributed by atoms with E-state index in [1.165, 1.54) is 10.7 Å². The summed E-state index contributed by atoms with van der Waals surface area (Å²) in [5, 5.41) is 3.07. The predicted molar refractivity (Wildman–Crippen MR) is 86.5 cm³/mol. The van der Waals surface area contributed by atoms with Crippen LogP contribution in [0.1, 0.15) is 48.9 Å². The molecule has 0 unspecified atom stereocenters. The van der Waals surface area contributed by atoms with E-state index in [1.54, 1.807) is 24.3 Å². The van der Waals surface area contributed by atoms with Gasteiger partial charge in [0, 0.05) is 18.2 Å². The number of carbonyl (C=O) groups excluding carboxylic acids is 1. The number of hydrogen-bond donors (Lipinski definition) is 1. The highest BCUT2D eigenvalue weighted by Gasteiger charge is 2.28. The minimum atomic E-state index is -3.21. The zero-order valence-electron chi connectivity index (χ0n) is 12.6. The molecule has 1 saturated carbocycles. The maximum Gasteiger partial charge on any atom is 0.251 e. The summed E-state index contributed by atoms with van der Waals surface area (Å²) in [6.45, 7) is 0.496. The molecule has 1 aliphatic heterocycles. The second-order valence-corrected chi connectivity index (χ2v) is 8.11. The van der Waals surface area contributed by atoms with E-state index in [0.29, 0.717) is 24.2 Å². The Balaban J connectivity index is 1.74. The third kappa shape index (κ3) is 3.27. The summed E-state index contributed by atoms with van der Waals surface area (Å²) in [7, 11) is -3.21. The molecule has 2 aliphatic rings. The van der Waals surface area contributed by atoms with Gasteiger partial charge in [0.1, 0.15) is 0 Å². The maximum absolute atomic E-state index is 12.4. The van der Waals surface area contributed by atoms with Crippen molar-refractivity contribution in [3.05, 3.63) is 29.8 Å². The number of hydrogen-bond acceptors (Lipinski definition) is 3. The van der Waals surface area contributed by atoms with Crippen molar-refractivity contribution in [2.24, 2.45) is 0 Å². The van der Waals surface area contributed by atoms with Crippen LogP contribution in [0.15, 0.2) is 24.3 Å². The molecule has 1 aromatic carbocycles. The zero-order valence-corrected chi connectivity index (χ0v) is 13.4. The van der Waals surface area contributed by atoms with E-state index in [-0.39, 0.29) is 17.7 Å². The lowest BCUT2D eigenvalue weighted by Gasteiger charge is -2.23. The van der Waals surface area contributed by atoms with Gasteiger partial charge in [0.15, 0.2) is 0 Å². The summed E-state index contributed by atoms with van der Waals surface area (Å²) in [6.07, 6.45) is 6.28. The third-order valence-electron chi connectivity index (χ3n) is 4.44. The summed E-state index contributed by atoms with van der Waals surface area (Å²) in [4.78, 5) is 12.4.